The lowest BCUT2D eigenvalue weighted by molar-refractivity contribution is -0.385. The van der Waals surface area contributed by atoms with Gasteiger partial charge in [-0.2, -0.15) is 0 Å². The molecule has 2 aromatic rings. The number of nitro groups is 1. The van der Waals surface area contributed by atoms with Gasteiger partial charge in [-0.15, -0.1) is 0 Å². The maximum atomic E-state index is 11.9. The minimum Gasteiger partial charge on any atom is -0.322 e. The smallest absolute Gasteiger partial charge is 0.288 e. The highest BCUT2D eigenvalue weighted by Crippen LogP contribution is 2.20. The van der Waals surface area contributed by atoms with Gasteiger partial charge in [-0.3, -0.25) is 19.9 Å². The van der Waals surface area contributed by atoms with E-state index in [1.165, 1.54) is 12.4 Å². The summed E-state index contributed by atoms with van der Waals surface area (Å²) < 4.78 is 0. The van der Waals surface area contributed by atoms with Gasteiger partial charge in [0.15, 0.2) is 0 Å². The Morgan fingerprint density at radius 1 is 1.37 bits per heavy atom. The summed E-state index contributed by atoms with van der Waals surface area (Å²) in [5, 5.41) is 13.1. The zero-order chi connectivity index (χ0) is 13.8. The summed E-state index contributed by atoms with van der Waals surface area (Å²) in [4.78, 5) is 29.3. The summed E-state index contributed by atoms with van der Waals surface area (Å²) in [7, 11) is 0. The molecule has 1 amide bonds. The van der Waals surface area contributed by atoms with Crippen LogP contribution < -0.4 is 5.32 Å². The lowest BCUT2D eigenvalue weighted by Crippen LogP contribution is -2.13. The van der Waals surface area contributed by atoms with E-state index in [0.717, 1.165) is 12.3 Å². The van der Waals surface area contributed by atoms with Crippen molar-refractivity contribution < 1.29 is 9.72 Å². The first-order chi connectivity index (χ1) is 9.08. The van der Waals surface area contributed by atoms with Gasteiger partial charge >= 0.3 is 0 Å². The summed E-state index contributed by atoms with van der Waals surface area (Å²) in [5.74, 6) is -0.576. The van der Waals surface area contributed by atoms with Crippen LogP contribution in [0.2, 0.25) is 5.15 Å². The van der Waals surface area contributed by atoms with E-state index in [1.807, 2.05) is 0 Å². The van der Waals surface area contributed by atoms with E-state index < -0.39 is 10.8 Å². The van der Waals surface area contributed by atoms with Crippen LogP contribution in [0.3, 0.4) is 0 Å². The highest BCUT2D eigenvalue weighted by Gasteiger charge is 2.17. The van der Waals surface area contributed by atoms with E-state index in [1.54, 1.807) is 12.1 Å². The quantitative estimate of drug-likeness (QED) is 0.527. The number of anilines is 1. The second-order valence-corrected chi connectivity index (χ2v) is 3.84. The molecule has 0 unspecified atom stereocenters. The highest BCUT2D eigenvalue weighted by atomic mass is 35.5. The fourth-order valence-corrected chi connectivity index (χ4v) is 1.52. The molecule has 0 saturated carbocycles. The number of aromatic nitrogens is 2. The maximum absolute atomic E-state index is 11.9. The lowest BCUT2D eigenvalue weighted by Gasteiger charge is -2.05. The first-order valence-electron chi connectivity index (χ1n) is 5.09. The minimum atomic E-state index is -0.646. The molecule has 0 radical (unpaired) electrons. The average molecular weight is 279 g/mol. The van der Waals surface area contributed by atoms with Crippen molar-refractivity contribution in [3.63, 3.8) is 0 Å². The molecule has 19 heavy (non-hydrogen) atoms. The van der Waals surface area contributed by atoms with Crippen molar-refractivity contribution in [2.75, 3.05) is 5.32 Å². The molecule has 0 atom stereocenters. The van der Waals surface area contributed by atoms with Crippen LogP contribution in [0.1, 0.15) is 10.4 Å². The molecule has 0 bridgehead atoms. The number of halogens is 1. The van der Waals surface area contributed by atoms with Crippen LogP contribution in [0.4, 0.5) is 11.4 Å². The third kappa shape index (κ3) is 3.02. The fraction of sp³-hybridized carbons (Fsp3) is 0. The number of carbonyl (C=O) groups excluding carboxylic acids is 1. The van der Waals surface area contributed by atoms with Crippen LogP contribution in [0.25, 0.3) is 0 Å². The number of hydrogen-bond donors (Lipinski definition) is 1. The molecule has 2 aromatic heterocycles. The summed E-state index contributed by atoms with van der Waals surface area (Å²) in [6.45, 7) is 0. The third-order valence-electron chi connectivity index (χ3n) is 2.22. The van der Waals surface area contributed by atoms with Crippen LogP contribution in [-0.2, 0) is 0 Å². The molecular formula is C11H7ClN4O3. The molecular weight excluding hydrogens is 272 g/mol. The Bertz CT molecular complexity index is 633. The highest BCUT2D eigenvalue weighted by molar-refractivity contribution is 6.33. The molecule has 2 rings (SSSR count). The first kappa shape index (κ1) is 12.9. The normalized spacial score (nSPS) is 9.95. The molecule has 7 nitrogen and oxygen atoms in total. The predicted octanol–water partition coefficient (Wildman–Crippen LogP) is 2.29. The molecule has 0 spiro atoms. The molecule has 0 saturated heterocycles. The molecule has 2 heterocycles. The molecule has 96 valence electrons. The average Bonchev–Trinajstić information content (AvgIpc) is 2.40. The largest absolute Gasteiger partial charge is 0.322 e. The summed E-state index contributed by atoms with van der Waals surface area (Å²) in [5.41, 5.74) is 0.138. The summed E-state index contributed by atoms with van der Waals surface area (Å²) in [6.07, 6.45) is 4.00. The Morgan fingerprint density at radius 2 is 2.05 bits per heavy atom. The van der Waals surface area contributed by atoms with E-state index >= 15 is 0 Å². The Hall–Kier alpha value is -2.54. The number of amides is 1. The van der Waals surface area contributed by atoms with E-state index in [9.17, 15) is 14.9 Å². The van der Waals surface area contributed by atoms with E-state index in [2.05, 4.69) is 15.3 Å². The first-order valence-corrected chi connectivity index (χ1v) is 5.47. The van der Waals surface area contributed by atoms with Crippen molar-refractivity contribution >= 4 is 28.9 Å². The van der Waals surface area contributed by atoms with Crippen LogP contribution >= 0.6 is 11.6 Å². The molecule has 0 aliphatic heterocycles. The second kappa shape index (κ2) is 5.40. The van der Waals surface area contributed by atoms with Gasteiger partial charge in [0.1, 0.15) is 11.3 Å². The molecule has 0 aromatic carbocycles. The number of pyridine rings is 2. The Labute approximate surface area is 112 Å². The van der Waals surface area contributed by atoms with Gasteiger partial charge in [0.05, 0.1) is 10.5 Å². The van der Waals surface area contributed by atoms with Crippen LogP contribution in [0.5, 0.6) is 0 Å². The second-order valence-electron chi connectivity index (χ2n) is 3.48. The van der Waals surface area contributed by atoms with E-state index in [0.29, 0.717) is 5.69 Å². The van der Waals surface area contributed by atoms with Crippen molar-refractivity contribution in [2.45, 2.75) is 0 Å². The van der Waals surface area contributed by atoms with Crippen LogP contribution in [0.15, 0.2) is 36.8 Å². The standard InChI is InChI=1S/C11H7ClN4O3/c12-10-9(5-8(6-14-10)16(18)19)11(17)15-7-1-3-13-4-2-7/h1-6H,(H,13,15,17). The topological polar surface area (TPSA) is 98.0 Å². The monoisotopic (exact) mass is 278 g/mol. The predicted molar refractivity (Wildman–Crippen MR) is 68.1 cm³/mol. The fourth-order valence-electron chi connectivity index (χ4n) is 1.33. The SMILES string of the molecule is O=C(Nc1ccncc1)c1cc([N+](=O)[O-])cnc1Cl. The minimum absolute atomic E-state index is 0.0623. The molecule has 8 heteroatoms. The van der Waals surface area contributed by atoms with Gasteiger partial charge in [-0.05, 0) is 12.1 Å². The van der Waals surface area contributed by atoms with Gasteiger partial charge in [-0.1, -0.05) is 11.6 Å². The van der Waals surface area contributed by atoms with Gasteiger partial charge in [-0.25, -0.2) is 4.98 Å². The summed E-state index contributed by atoms with van der Waals surface area (Å²) in [6, 6.07) is 4.24. The molecule has 1 N–H and O–H groups in total. The van der Waals surface area contributed by atoms with Gasteiger partial charge < -0.3 is 5.32 Å². The molecule has 0 aliphatic carbocycles. The molecule has 0 fully saturated rings. The number of carbonyl (C=O) groups is 1. The van der Waals surface area contributed by atoms with Crippen molar-refractivity contribution in [2.24, 2.45) is 0 Å². The van der Waals surface area contributed by atoms with E-state index in [-0.39, 0.29) is 16.4 Å². The zero-order valence-corrected chi connectivity index (χ0v) is 10.2. The Morgan fingerprint density at radius 3 is 2.68 bits per heavy atom. The van der Waals surface area contributed by atoms with Gasteiger partial charge in [0.2, 0.25) is 0 Å². The number of rotatable bonds is 3. The summed E-state index contributed by atoms with van der Waals surface area (Å²) >= 11 is 5.76. The van der Waals surface area contributed by atoms with Crippen molar-refractivity contribution in [1.29, 1.82) is 0 Å². The Balaban J connectivity index is 2.28. The van der Waals surface area contributed by atoms with Gasteiger partial charge in [0, 0.05) is 24.1 Å². The maximum Gasteiger partial charge on any atom is 0.288 e. The van der Waals surface area contributed by atoms with Crippen LogP contribution in [-0.4, -0.2) is 20.8 Å². The van der Waals surface area contributed by atoms with Gasteiger partial charge in [0.25, 0.3) is 11.6 Å². The zero-order valence-electron chi connectivity index (χ0n) is 9.41. The third-order valence-corrected chi connectivity index (χ3v) is 2.52. The number of hydrogen-bond acceptors (Lipinski definition) is 5. The van der Waals surface area contributed by atoms with Crippen molar-refractivity contribution in [3.05, 3.63) is 57.6 Å². The van der Waals surface area contributed by atoms with Crippen molar-refractivity contribution in [1.82, 2.24) is 9.97 Å². The Kier molecular flexibility index (Phi) is 3.67. The molecule has 0 aliphatic rings. The van der Waals surface area contributed by atoms with E-state index in [4.69, 9.17) is 11.6 Å². The van der Waals surface area contributed by atoms with Crippen LogP contribution in [0, 0.1) is 10.1 Å². The number of nitrogens with zero attached hydrogens (tertiary/aromatic N) is 3. The number of nitrogens with one attached hydrogen (secondary N) is 1. The lowest BCUT2D eigenvalue weighted by atomic mass is 10.2. The van der Waals surface area contributed by atoms with Crippen molar-refractivity contribution in [3.8, 4) is 0 Å².